The van der Waals surface area contributed by atoms with Crippen LogP contribution in [0.5, 0.6) is 5.75 Å². The van der Waals surface area contributed by atoms with Crippen LogP contribution in [0, 0.1) is 13.8 Å². The minimum atomic E-state index is -0.921. The number of benzene rings is 2. The minimum absolute atomic E-state index is 0.111. The molecule has 0 atom stereocenters. The van der Waals surface area contributed by atoms with Crippen molar-refractivity contribution in [1.82, 2.24) is 0 Å². The minimum Gasteiger partial charge on any atom is -0.493 e. The molecule has 138 valence electrons. The molecule has 2 aromatic rings. The van der Waals surface area contributed by atoms with Crippen molar-refractivity contribution < 1.29 is 19.4 Å². The Bertz CT molecular complexity index is 770. The molecule has 2 N–H and O–H groups in total. The average molecular weight is 355 g/mol. The number of hydrogen-bond acceptors (Lipinski definition) is 3. The molecule has 2 rings (SSSR count). The van der Waals surface area contributed by atoms with E-state index in [9.17, 15) is 9.59 Å². The molecule has 0 aliphatic heterocycles. The highest BCUT2D eigenvalue weighted by molar-refractivity contribution is 5.92. The second-order valence-electron chi connectivity index (χ2n) is 6.35. The Morgan fingerprint density at radius 3 is 2.62 bits per heavy atom. The normalized spacial score (nSPS) is 10.4. The number of hydrogen-bond donors (Lipinski definition) is 2. The summed E-state index contributed by atoms with van der Waals surface area (Å²) in [6.45, 7) is 4.60. The fourth-order valence-corrected chi connectivity index (χ4v) is 2.60. The van der Waals surface area contributed by atoms with Crippen molar-refractivity contribution in [3.63, 3.8) is 0 Å². The Morgan fingerprint density at radius 2 is 1.85 bits per heavy atom. The fourth-order valence-electron chi connectivity index (χ4n) is 2.60. The molecule has 0 aliphatic rings. The second-order valence-corrected chi connectivity index (χ2v) is 6.35. The van der Waals surface area contributed by atoms with E-state index in [1.54, 1.807) is 24.3 Å². The predicted molar refractivity (Wildman–Crippen MR) is 102 cm³/mol. The van der Waals surface area contributed by atoms with Crippen molar-refractivity contribution in [2.24, 2.45) is 0 Å². The zero-order chi connectivity index (χ0) is 18.9. The van der Waals surface area contributed by atoms with Gasteiger partial charge in [0, 0.05) is 12.1 Å². The largest absolute Gasteiger partial charge is 0.493 e. The van der Waals surface area contributed by atoms with E-state index >= 15 is 0 Å². The quantitative estimate of drug-likeness (QED) is 0.664. The first kappa shape index (κ1) is 19.5. The van der Waals surface area contributed by atoms with E-state index in [-0.39, 0.29) is 12.3 Å². The standard InChI is InChI=1S/C21H25NO4/c1-15-10-11-16(2)19(13-15)26-12-6-5-9-20(23)22-18-8-4-3-7-17(18)14-21(24)25/h3-4,7-8,10-11,13H,5-6,9,12,14H2,1-2H3,(H,22,23)(H,24,25). The molecule has 0 aliphatic carbocycles. The van der Waals surface area contributed by atoms with Crippen molar-refractivity contribution in [2.75, 3.05) is 11.9 Å². The summed E-state index contributed by atoms with van der Waals surface area (Å²) in [5.41, 5.74) is 3.42. The van der Waals surface area contributed by atoms with Gasteiger partial charge in [0.05, 0.1) is 13.0 Å². The monoisotopic (exact) mass is 355 g/mol. The number of para-hydroxylation sites is 1. The molecule has 5 heteroatoms. The van der Waals surface area contributed by atoms with Gasteiger partial charge >= 0.3 is 5.97 Å². The number of carbonyl (C=O) groups is 2. The number of anilines is 1. The molecule has 1 amide bonds. The molecule has 0 saturated heterocycles. The summed E-state index contributed by atoms with van der Waals surface area (Å²) in [5, 5.41) is 11.7. The molecule has 0 unspecified atom stereocenters. The van der Waals surface area contributed by atoms with E-state index < -0.39 is 5.97 Å². The Morgan fingerprint density at radius 1 is 1.08 bits per heavy atom. The van der Waals surface area contributed by atoms with Gasteiger partial charge in [0.2, 0.25) is 5.91 Å². The smallest absolute Gasteiger partial charge is 0.307 e. The Kier molecular flexibility index (Phi) is 7.21. The Labute approximate surface area is 154 Å². The first-order valence-electron chi connectivity index (χ1n) is 8.75. The summed E-state index contributed by atoms with van der Waals surface area (Å²) >= 11 is 0. The van der Waals surface area contributed by atoms with Gasteiger partial charge in [-0.3, -0.25) is 9.59 Å². The van der Waals surface area contributed by atoms with Gasteiger partial charge in [-0.25, -0.2) is 0 Å². The fraction of sp³-hybridized carbons (Fsp3) is 0.333. The molecule has 0 aromatic heterocycles. The topological polar surface area (TPSA) is 75.6 Å². The zero-order valence-corrected chi connectivity index (χ0v) is 15.2. The van der Waals surface area contributed by atoms with Crippen molar-refractivity contribution in [3.8, 4) is 5.75 Å². The van der Waals surface area contributed by atoms with Crippen LogP contribution in [-0.4, -0.2) is 23.6 Å². The summed E-state index contributed by atoms with van der Waals surface area (Å²) in [4.78, 5) is 23.0. The molecular formula is C21H25NO4. The third-order valence-electron chi connectivity index (χ3n) is 4.03. The number of ether oxygens (including phenoxy) is 1. The molecule has 2 aromatic carbocycles. The third kappa shape index (κ3) is 6.24. The lowest BCUT2D eigenvalue weighted by Crippen LogP contribution is -2.14. The van der Waals surface area contributed by atoms with E-state index in [0.717, 1.165) is 23.3 Å². The van der Waals surface area contributed by atoms with Crippen LogP contribution in [0.3, 0.4) is 0 Å². The summed E-state index contributed by atoms with van der Waals surface area (Å²) in [6, 6.07) is 13.1. The number of rotatable bonds is 9. The summed E-state index contributed by atoms with van der Waals surface area (Å²) in [5.74, 6) is -0.151. The van der Waals surface area contributed by atoms with E-state index in [4.69, 9.17) is 9.84 Å². The van der Waals surface area contributed by atoms with Gasteiger partial charge < -0.3 is 15.2 Å². The lowest BCUT2D eigenvalue weighted by atomic mass is 10.1. The van der Waals surface area contributed by atoms with Crippen LogP contribution in [0.4, 0.5) is 5.69 Å². The van der Waals surface area contributed by atoms with Crippen LogP contribution in [0.25, 0.3) is 0 Å². The second kappa shape index (κ2) is 9.61. The molecule has 0 saturated carbocycles. The van der Waals surface area contributed by atoms with Gasteiger partial charge in [-0.1, -0.05) is 30.3 Å². The van der Waals surface area contributed by atoms with Crippen LogP contribution in [0.2, 0.25) is 0 Å². The molecule has 5 nitrogen and oxygen atoms in total. The lowest BCUT2D eigenvalue weighted by Gasteiger charge is -2.11. The molecular weight excluding hydrogens is 330 g/mol. The van der Waals surface area contributed by atoms with Crippen molar-refractivity contribution in [1.29, 1.82) is 0 Å². The van der Waals surface area contributed by atoms with Gasteiger partial charge in [-0.2, -0.15) is 0 Å². The van der Waals surface area contributed by atoms with E-state index in [2.05, 4.69) is 11.4 Å². The van der Waals surface area contributed by atoms with Gasteiger partial charge in [0.15, 0.2) is 0 Å². The Balaban J connectivity index is 1.74. The molecule has 26 heavy (non-hydrogen) atoms. The first-order chi connectivity index (χ1) is 12.5. The number of unbranched alkanes of at least 4 members (excludes halogenated alkanes) is 1. The SMILES string of the molecule is Cc1ccc(C)c(OCCCCC(=O)Nc2ccccc2CC(=O)O)c1. The van der Waals surface area contributed by atoms with Crippen molar-refractivity contribution in [2.45, 2.75) is 39.5 Å². The maximum absolute atomic E-state index is 12.1. The summed E-state index contributed by atoms with van der Waals surface area (Å²) in [7, 11) is 0. The highest BCUT2D eigenvalue weighted by Crippen LogP contribution is 2.20. The molecule has 0 heterocycles. The number of carboxylic acid groups (broad SMARTS) is 1. The first-order valence-corrected chi connectivity index (χ1v) is 8.75. The Hall–Kier alpha value is -2.82. The number of nitrogens with one attached hydrogen (secondary N) is 1. The van der Waals surface area contributed by atoms with Gasteiger partial charge in [0.1, 0.15) is 5.75 Å². The van der Waals surface area contributed by atoms with Crippen molar-refractivity contribution >= 4 is 17.6 Å². The van der Waals surface area contributed by atoms with Gasteiger partial charge in [-0.05, 0) is 55.5 Å². The number of aliphatic carboxylic acids is 1. The zero-order valence-electron chi connectivity index (χ0n) is 15.2. The maximum atomic E-state index is 12.1. The van der Waals surface area contributed by atoms with Crippen LogP contribution in [0.1, 0.15) is 36.0 Å². The van der Waals surface area contributed by atoms with Crippen LogP contribution >= 0.6 is 0 Å². The molecule has 0 fully saturated rings. The van der Waals surface area contributed by atoms with Gasteiger partial charge in [-0.15, -0.1) is 0 Å². The third-order valence-corrected chi connectivity index (χ3v) is 4.03. The average Bonchev–Trinajstić information content (AvgIpc) is 2.59. The number of amides is 1. The van der Waals surface area contributed by atoms with E-state index in [1.165, 1.54) is 0 Å². The maximum Gasteiger partial charge on any atom is 0.307 e. The number of carboxylic acids is 1. The predicted octanol–water partition coefficient (Wildman–Crippen LogP) is 4.12. The van der Waals surface area contributed by atoms with Crippen LogP contribution in [-0.2, 0) is 16.0 Å². The van der Waals surface area contributed by atoms with Crippen LogP contribution in [0.15, 0.2) is 42.5 Å². The van der Waals surface area contributed by atoms with E-state index in [1.807, 2.05) is 26.0 Å². The number of carbonyl (C=O) groups excluding carboxylic acids is 1. The summed E-state index contributed by atoms with van der Waals surface area (Å²) in [6.07, 6.45) is 1.74. The highest BCUT2D eigenvalue weighted by atomic mass is 16.5. The lowest BCUT2D eigenvalue weighted by molar-refractivity contribution is -0.136. The van der Waals surface area contributed by atoms with Crippen molar-refractivity contribution in [3.05, 3.63) is 59.2 Å². The van der Waals surface area contributed by atoms with Gasteiger partial charge in [0.25, 0.3) is 0 Å². The number of aryl methyl sites for hydroxylation is 2. The van der Waals surface area contributed by atoms with E-state index in [0.29, 0.717) is 30.7 Å². The molecule has 0 spiro atoms. The summed E-state index contributed by atoms with van der Waals surface area (Å²) < 4.78 is 5.78. The molecule has 0 bridgehead atoms. The highest BCUT2D eigenvalue weighted by Gasteiger charge is 2.09. The van der Waals surface area contributed by atoms with Crippen LogP contribution < -0.4 is 10.1 Å². The molecule has 0 radical (unpaired) electrons.